The number of aromatic nitrogens is 1. The molecule has 4 heteroatoms. The summed E-state index contributed by atoms with van der Waals surface area (Å²) in [5.41, 5.74) is 9.00. The summed E-state index contributed by atoms with van der Waals surface area (Å²) in [6.45, 7) is 4.81. The van der Waals surface area contributed by atoms with Gasteiger partial charge in [-0.15, -0.1) is 11.8 Å². The maximum absolute atomic E-state index is 5.83. The zero-order valence-electron chi connectivity index (χ0n) is 11.2. The predicted molar refractivity (Wildman–Crippen MR) is 80.8 cm³/mol. The van der Waals surface area contributed by atoms with Gasteiger partial charge in [0.1, 0.15) is 5.75 Å². The summed E-state index contributed by atoms with van der Waals surface area (Å²) in [6.07, 6.45) is 3.43. The van der Waals surface area contributed by atoms with Crippen molar-refractivity contribution in [2.24, 2.45) is 0 Å². The Kier molecular flexibility index (Phi) is 4.68. The number of benzene rings is 1. The van der Waals surface area contributed by atoms with Gasteiger partial charge in [-0.1, -0.05) is 6.07 Å². The van der Waals surface area contributed by atoms with Crippen LogP contribution in [0.2, 0.25) is 0 Å². The lowest BCUT2D eigenvalue weighted by molar-refractivity contribution is 0.343. The molecule has 3 nitrogen and oxygen atoms in total. The van der Waals surface area contributed by atoms with Crippen LogP contribution < -0.4 is 10.5 Å². The predicted octanol–water partition coefficient (Wildman–Crippen LogP) is 3.45. The van der Waals surface area contributed by atoms with Gasteiger partial charge < -0.3 is 10.5 Å². The van der Waals surface area contributed by atoms with Crippen LogP contribution in [0.1, 0.15) is 11.1 Å². The van der Waals surface area contributed by atoms with Gasteiger partial charge in [-0.25, -0.2) is 0 Å². The van der Waals surface area contributed by atoms with Crippen molar-refractivity contribution in [1.82, 2.24) is 4.98 Å². The third-order valence-electron chi connectivity index (χ3n) is 2.61. The van der Waals surface area contributed by atoms with Crippen molar-refractivity contribution >= 4 is 17.4 Å². The largest absolute Gasteiger partial charge is 0.493 e. The highest BCUT2D eigenvalue weighted by Gasteiger charge is 2.00. The van der Waals surface area contributed by atoms with E-state index in [4.69, 9.17) is 10.5 Å². The van der Waals surface area contributed by atoms with Gasteiger partial charge in [-0.2, -0.15) is 0 Å². The normalized spacial score (nSPS) is 10.4. The third-order valence-corrected chi connectivity index (χ3v) is 3.67. The van der Waals surface area contributed by atoms with E-state index in [-0.39, 0.29) is 0 Å². The van der Waals surface area contributed by atoms with Crippen LogP contribution in [0, 0.1) is 13.8 Å². The zero-order valence-corrected chi connectivity index (χ0v) is 12.0. The molecule has 0 aliphatic rings. The number of nitrogen functional groups attached to an aromatic ring is 1. The molecule has 0 aliphatic carbocycles. The van der Waals surface area contributed by atoms with Gasteiger partial charge >= 0.3 is 0 Å². The van der Waals surface area contributed by atoms with Crippen LogP contribution >= 0.6 is 11.8 Å². The number of pyridine rings is 1. The molecule has 0 spiro atoms. The number of nitrogens with two attached hydrogens (primary N) is 1. The Balaban J connectivity index is 1.82. The number of ether oxygens (including phenoxy) is 1. The van der Waals surface area contributed by atoms with Crippen molar-refractivity contribution in [3.63, 3.8) is 0 Å². The van der Waals surface area contributed by atoms with Gasteiger partial charge in [0, 0.05) is 16.8 Å². The summed E-state index contributed by atoms with van der Waals surface area (Å²) in [4.78, 5) is 5.03. The van der Waals surface area contributed by atoms with Crippen molar-refractivity contribution in [3.8, 4) is 5.75 Å². The third kappa shape index (κ3) is 4.17. The summed E-state index contributed by atoms with van der Waals surface area (Å²) in [7, 11) is 0. The van der Waals surface area contributed by atoms with Crippen molar-refractivity contribution in [1.29, 1.82) is 0 Å². The first-order chi connectivity index (χ1) is 9.15. The van der Waals surface area contributed by atoms with Gasteiger partial charge in [0.15, 0.2) is 0 Å². The Morgan fingerprint density at radius 2 is 1.95 bits per heavy atom. The zero-order chi connectivity index (χ0) is 13.7. The standard InChI is InChI=1S/C15H18N2OS/c1-11-7-12(2)9-13(8-11)18-5-6-19-15-3-4-17-10-14(15)16/h3-4,7-10H,5-6,16H2,1-2H3. The molecule has 2 rings (SSSR count). The lowest BCUT2D eigenvalue weighted by Gasteiger charge is -2.08. The number of nitrogens with zero attached hydrogens (tertiary/aromatic N) is 1. The van der Waals surface area contributed by atoms with Crippen LogP contribution in [0.15, 0.2) is 41.6 Å². The Morgan fingerprint density at radius 1 is 1.21 bits per heavy atom. The number of hydrogen-bond donors (Lipinski definition) is 1. The van der Waals surface area contributed by atoms with Crippen LogP contribution in [-0.2, 0) is 0 Å². The Morgan fingerprint density at radius 3 is 2.63 bits per heavy atom. The molecular formula is C15H18N2OS. The number of hydrogen-bond acceptors (Lipinski definition) is 4. The van der Waals surface area contributed by atoms with Crippen molar-refractivity contribution < 1.29 is 4.74 Å². The molecule has 2 aromatic rings. The van der Waals surface area contributed by atoms with E-state index in [9.17, 15) is 0 Å². The average Bonchev–Trinajstić information content (AvgIpc) is 2.35. The number of thioether (sulfide) groups is 1. The van der Waals surface area contributed by atoms with E-state index in [0.29, 0.717) is 6.61 Å². The maximum Gasteiger partial charge on any atom is 0.119 e. The smallest absolute Gasteiger partial charge is 0.119 e. The molecule has 1 aromatic carbocycles. The van der Waals surface area contributed by atoms with Crippen LogP contribution in [0.25, 0.3) is 0 Å². The second-order valence-electron chi connectivity index (χ2n) is 4.43. The fraction of sp³-hybridized carbons (Fsp3) is 0.267. The minimum absolute atomic E-state index is 0.662. The fourth-order valence-electron chi connectivity index (χ4n) is 1.85. The fourth-order valence-corrected chi connectivity index (χ4v) is 2.62. The minimum atomic E-state index is 0.662. The topological polar surface area (TPSA) is 48.1 Å². The Bertz CT molecular complexity index is 537. The summed E-state index contributed by atoms with van der Waals surface area (Å²) in [6, 6.07) is 8.17. The van der Waals surface area contributed by atoms with Gasteiger partial charge in [0.05, 0.1) is 18.5 Å². The summed E-state index contributed by atoms with van der Waals surface area (Å²) in [5, 5.41) is 0. The van der Waals surface area contributed by atoms with Crippen LogP contribution in [0.4, 0.5) is 5.69 Å². The molecule has 0 bridgehead atoms. The lowest BCUT2D eigenvalue weighted by atomic mass is 10.1. The van der Waals surface area contributed by atoms with Gasteiger partial charge in [0.2, 0.25) is 0 Å². The molecule has 0 radical (unpaired) electrons. The molecule has 0 unspecified atom stereocenters. The number of aryl methyl sites for hydroxylation is 2. The van der Waals surface area contributed by atoms with E-state index < -0.39 is 0 Å². The van der Waals surface area contributed by atoms with Crippen molar-refractivity contribution in [2.45, 2.75) is 18.7 Å². The van der Waals surface area contributed by atoms with Crippen molar-refractivity contribution in [3.05, 3.63) is 47.8 Å². The van der Waals surface area contributed by atoms with Gasteiger partial charge in [0.25, 0.3) is 0 Å². The summed E-state index contributed by atoms with van der Waals surface area (Å²) >= 11 is 1.68. The number of anilines is 1. The molecule has 0 saturated heterocycles. The highest BCUT2D eigenvalue weighted by molar-refractivity contribution is 7.99. The Labute approximate surface area is 118 Å². The second-order valence-corrected chi connectivity index (χ2v) is 5.57. The minimum Gasteiger partial charge on any atom is -0.493 e. The first-order valence-corrected chi connectivity index (χ1v) is 7.17. The van der Waals surface area contributed by atoms with E-state index >= 15 is 0 Å². The first-order valence-electron chi connectivity index (χ1n) is 6.18. The molecule has 0 saturated carbocycles. The van der Waals surface area contributed by atoms with Crippen LogP contribution in [0.5, 0.6) is 5.75 Å². The van der Waals surface area contributed by atoms with Crippen LogP contribution in [0.3, 0.4) is 0 Å². The molecular weight excluding hydrogens is 256 g/mol. The second kappa shape index (κ2) is 6.48. The average molecular weight is 274 g/mol. The van der Waals surface area contributed by atoms with E-state index in [1.807, 2.05) is 6.07 Å². The Hall–Kier alpha value is -1.68. The molecule has 0 amide bonds. The number of rotatable bonds is 5. The van der Waals surface area contributed by atoms with E-state index in [1.165, 1.54) is 11.1 Å². The van der Waals surface area contributed by atoms with Gasteiger partial charge in [-0.3, -0.25) is 4.98 Å². The first kappa shape index (κ1) is 13.7. The van der Waals surface area contributed by atoms with E-state index in [1.54, 1.807) is 24.2 Å². The van der Waals surface area contributed by atoms with Gasteiger partial charge in [-0.05, 0) is 43.2 Å². The molecule has 100 valence electrons. The molecule has 2 N–H and O–H groups in total. The summed E-state index contributed by atoms with van der Waals surface area (Å²) < 4.78 is 5.75. The molecule has 0 aliphatic heterocycles. The summed E-state index contributed by atoms with van der Waals surface area (Å²) in [5.74, 6) is 1.79. The molecule has 1 heterocycles. The quantitative estimate of drug-likeness (QED) is 0.670. The SMILES string of the molecule is Cc1cc(C)cc(OCCSc2ccncc2N)c1. The lowest BCUT2D eigenvalue weighted by Crippen LogP contribution is -2.01. The molecule has 0 atom stereocenters. The highest BCUT2D eigenvalue weighted by atomic mass is 32.2. The van der Waals surface area contributed by atoms with Crippen LogP contribution in [-0.4, -0.2) is 17.3 Å². The maximum atomic E-state index is 5.83. The highest BCUT2D eigenvalue weighted by Crippen LogP contribution is 2.23. The van der Waals surface area contributed by atoms with E-state index in [2.05, 4.69) is 37.0 Å². The molecule has 0 fully saturated rings. The monoisotopic (exact) mass is 274 g/mol. The molecule has 1 aromatic heterocycles. The van der Waals surface area contributed by atoms with E-state index in [0.717, 1.165) is 22.1 Å². The molecule has 19 heavy (non-hydrogen) atoms. The van der Waals surface area contributed by atoms with Crippen molar-refractivity contribution in [2.75, 3.05) is 18.1 Å².